The highest BCUT2D eigenvalue weighted by atomic mass is 14.7. The minimum atomic E-state index is 0.148. The van der Waals surface area contributed by atoms with E-state index in [9.17, 15) is 0 Å². The predicted octanol–water partition coefficient (Wildman–Crippen LogP) is 4.19. The van der Waals surface area contributed by atoms with Crippen molar-refractivity contribution in [3.05, 3.63) is 71.8 Å². The fraction of sp³-hybridized carbons (Fsp3) is 0.333. The molecular weight excluding hydrogens is 230 g/mol. The molecule has 0 aliphatic rings. The first-order valence-electron chi connectivity index (χ1n) is 7.09. The standard InChI is InChI=1S/C18H23N/c1-3-14(2)18(19)17(15-10-6-4-7-11-15)16-12-8-5-9-13-16/h4-14,17-18H,3,19H2,1-2H3. The average Bonchev–Trinajstić information content (AvgIpc) is 2.49. The summed E-state index contributed by atoms with van der Waals surface area (Å²) in [5.74, 6) is 0.780. The molecule has 0 amide bonds. The summed E-state index contributed by atoms with van der Waals surface area (Å²) >= 11 is 0. The first-order valence-corrected chi connectivity index (χ1v) is 7.09. The van der Waals surface area contributed by atoms with Gasteiger partial charge in [0, 0.05) is 12.0 Å². The molecule has 19 heavy (non-hydrogen) atoms. The molecule has 2 N–H and O–H groups in total. The zero-order chi connectivity index (χ0) is 13.7. The lowest BCUT2D eigenvalue weighted by Crippen LogP contribution is -2.35. The van der Waals surface area contributed by atoms with E-state index in [4.69, 9.17) is 5.73 Å². The van der Waals surface area contributed by atoms with Crippen molar-refractivity contribution in [1.29, 1.82) is 0 Å². The molecule has 0 spiro atoms. The Balaban J connectivity index is 2.40. The van der Waals surface area contributed by atoms with E-state index in [-0.39, 0.29) is 12.0 Å². The van der Waals surface area contributed by atoms with E-state index in [0.717, 1.165) is 6.42 Å². The monoisotopic (exact) mass is 253 g/mol. The summed E-state index contributed by atoms with van der Waals surface area (Å²) in [5, 5.41) is 0. The molecule has 0 saturated heterocycles. The van der Waals surface area contributed by atoms with Gasteiger partial charge in [-0.05, 0) is 17.0 Å². The fourth-order valence-corrected chi connectivity index (χ4v) is 2.56. The van der Waals surface area contributed by atoms with Crippen LogP contribution in [0.1, 0.15) is 37.3 Å². The van der Waals surface area contributed by atoms with Gasteiger partial charge < -0.3 is 5.73 Å². The van der Waals surface area contributed by atoms with Crippen LogP contribution in [0.4, 0.5) is 0 Å². The molecule has 0 aliphatic heterocycles. The largest absolute Gasteiger partial charge is 0.327 e. The summed E-state index contributed by atoms with van der Waals surface area (Å²) in [6.45, 7) is 4.45. The Kier molecular flexibility index (Phi) is 4.75. The van der Waals surface area contributed by atoms with Crippen LogP contribution >= 0.6 is 0 Å². The van der Waals surface area contributed by atoms with Crippen molar-refractivity contribution in [3.63, 3.8) is 0 Å². The van der Waals surface area contributed by atoms with Gasteiger partial charge >= 0.3 is 0 Å². The van der Waals surface area contributed by atoms with Crippen LogP contribution in [-0.4, -0.2) is 6.04 Å². The van der Waals surface area contributed by atoms with Gasteiger partial charge in [0.1, 0.15) is 0 Å². The number of hydrogen-bond acceptors (Lipinski definition) is 1. The Morgan fingerprint density at radius 3 is 1.63 bits per heavy atom. The smallest absolute Gasteiger partial charge is 0.0243 e. The second-order valence-electron chi connectivity index (χ2n) is 5.26. The van der Waals surface area contributed by atoms with Crippen molar-refractivity contribution in [2.24, 2.45) is 11.7 Å². The van der Waals surface area contributed by atoms with E-state index in [2.05, 4.69) is 74.5 Å². The number of benzene rings is 2. The van der Waals surface area contributed by atoms with E-state index in [1.807, 2.05) is 0 Å². The van der Waals surface area contributed by atoms with Crippen LogP contribution in [0.2, 0.25) is 0 Å². The topological polar surface area (TPSA) is 26.0 Å². The van der Waals surface area contributed by atoms with Gasteiger partial charge in [-0.3, -0.25) is 0 Å². The van der Waals surface area contributed by atoms with Gasteiger partial charge in [-0.15, -0.1) is 0 Å². The highest BCUT2D eigenvalue weighted by Crippen LogP contribution is 2.31. The lowest BCUT2D eigenvalue weighted by Gasteiger charge is -2.29. The Morgan fingerprint density at radius 2 is 1.26 bits per heavy atom. The maximum Gasteiger partial charge on any atom is 0.0243 e. The summed E-state index contributed by atoms with van der Waals surface area (Å²) in [7, 11) is 0. The van der Waals surface area contributed by atoms with Crippen LogP contribution in [-0.2, 0) is 0 Å². The second-order valence-corrected chi connectivity index (χ2v) is 5.26. The van der Waals surface area contributed by atoms with Crippen molar-refractivity contribution < 1.29 is 0 Å². The molecule has 0 fully saturated rings. The van der Waals surface area contributed by atoms with Gasteiger partial charge in [-0.1, -0.05) is 80.9 Å². The molecule has 2 unspecified atom stereocenters. The highest BCUT2D eigenvalue weighted by Gasteiger charge is 2.25. The Morgan fingerprint density at radius 1 is 0.842 bits per heavy atom. The molecular formula is C18H23N. The van der Waals surface area contributed by atoms with Gasteiger partial charge in [0.15, 0.2) is 0 Å². The van der Waals surface area contributed by atoms with E-state index in [0.29, 0.717) is 5.92 Å². The Bertz CT molecular complexity index is 438. The van der Waals surface area contributed by atoms with Crippen molar-refractivity contribution >= 4 is 0 Å². The molecule has 0 aliphatic carbocycles. The van der Waals surface area contributed by atoms with E-state index in [1.54, 1.807) is 0 Å². The zero-order valence-electron chi connectivity index (χ0n) is 11.8. The Hall–Kier alpha value is -1.60. The minimum Gasteiger partial charge on any atom is -0.327 e. The van der Waals surface area contributed by atoms with Gasteiger partial charge in [0.25, 0.3) is 0 Å². The van der Waals surface area contributed by atoms with Gasteiger partial charge in [-0.25, -0.2) is 0 Å². The lowest BCUT2D eigenvalue weighted by atomic mass is 9.79. The summed E-state index contributed by atoms with van der Waals surface area (Å²) < 4.78 is 0. The van der Waals surface area contributed by atoms with Crippen LogP contribution < -0.4 is 5.73 Å². The molecule has 100 valence electrons. The van der Waals surface area contributed by atoms with E-state index in [1.165, 1.54) is 11.1 Å². The molecule has 2 aromatic carbocycles. The van der Waals surface area contributed by atoms with Crippen molar-refractivity contribution in [1.82, 2.24) is 0 Å². The van der Waals surface area contributed by atoms with Crippen LogP contribution in [0.15, 0.2) is 60.7 Å². The summed E-state index contributed by atoms with van der Waals surface area (Å²) in [4.78, 5) is 0. The van der Waals surface area contributed by atoms with E-state index < -0.39 is 0 Å². The van der Waals surface area contributed by atoms with Crippen molar-refractivity contribution in [2.75, 3.05) is 0 Å². The van der Waals surface area contributed by atoms with Crippen LogP contribution in [0.5, 0.6) is 0 Å². The molecule has 2 atom stereocenters. The van der Waals surface area contributed by atoms with Crippen LogP contribution in [0, 0.1) is 5.92 Å². The van der Waals surface area contributed by atoms with Crippen LogP contribution in [0.25, 0.3) is 0 Å². The summed E-state index contributed by atoms with van der Waals surface area (Å²) in [5.41, 5.74) is 9.15. The minimum absolute atomic E-state index is 0.148. The zero-order valence-corrected chi connectivity index (χ0v) is 11.8. The van der Waals surface area contributed by atoms with Crippen molar-refractivity contribution in [2.45, 2.75) is 32.2 Å². The van der Waals surface area contributed by atoms with Gasteiger partial charge in [0.2, 0.25) is 0 Å². The molecule has 0 heterocycles. The maximum atomic E-state index is 6.54. The molecule has 0 bridgehead atoms. The third kappa shape index (κ3) is 3.24. The molecule has 2 aromatic rings. The third-order valence-corrected chi connectivity index (χ3v) is 4.00. The lowest BCUT2D eigenvalue weighted by molar-refractivity contribution is 0.408. The van der Waals surface area contributed by atoms with Crippen molar-refractivity contribution in [3.8, 4) is 0 Å². The Labute approximate surface area is 116 Å². The SMILES string of the molecule is CCC(C)C(N)C(c1ccccc1)c1ccccc1. The quantitative estimate of drug-likeness (QED) is 0.849. The van der Waals surface area contributed by atoms with E-state index >= 15 is 0 Å². The maximum absolute atomic E-state index is 6.54. The van der Waals surface area contributed by atoms with Gasteiger partial charge in [-0.2, -0.15) is 0 Å². The highest BCUT2D eigenvalue weighted by molar-refractivity contribution is 5.34. The first-order chi connectivity index (χ1) is 9.24. The second kappa shape index (κ2) is 6.53. The molecule has 0 aromatic heterocycles. The molecule has 0 saturated carbocycles. The average molecular weight is 253 g/mol. The third-order valence-electron chi connectivity index (χ3n) is 4.00. The van der Waals surface area contributed by atoms with Crippen LogP contribution in [0.3, 0.4) is 0 Å². The molecule has 1 nitrogen and oxygen atoms in total. The number of hydrogen-bond donors (Lipinski definition) is 1. The number of nitrogens with two attached hydrogens (primary N) is 1. The summed E-state index contributed by atoms with van der Waals surface area (Å²) in [6.07, 6.45) is 1.11. The molecule has 0 radical (unpaired) electrons. The molecule has 1 heteroatoms. The fourth-order valence-electron chi connectivity index (χ4n) is 2.56. The summed E-state index contributed by atoms with van der Waals surface area (Å²) in [6, 6.07) is 21.3. The normalized spacial score (nSPS) is 14.3. The van der Waals surface area contributed by atoms with Gasteiger partial charge in [0.05, 0.1) is 0 Å². The number of rotatable bonds is 5. The predicted molar refractivity (Wildman–Crippen MR) is 82.2 cm³/mol. The molecule has 2 rings (SSSR count). The first kappa shape index (κ1) is 13.8.